The third-order valence-corrected chi connectivity index (χ3v) is 2.53. The van der Waals surface area contributed by atoms with E-state index >= 15 is 0 Å². The van der Waals surface area contributed by atoms with Crippen LogP contribution in [0.15, 0.2) is 0 Å². The van der Waals surface area contributed by atoms with E-state index in [2.05, 4.69) is 0 Å². The average Bonchev–Trinajstić information content (AvgIpc) is 2.06. The van der Waals surface area contributed by atoms with Crippen LogP contribution < -0.4 is 0 Å². The first-order valence-electron chi connectivity index (χ1n) is 4.55. The van der Waals surface area contributed by atoms with Gasteiger partial charge < -0.3 is 9.84 Å². The summed E-state index contributed by atoms with van der Waals surface area (Å²) in [6.07, 6.45) is 4.49. The third kappa shape index (κ3) is 3.30. The fourth-order valence-electron chi connectivity index (χ4n) is 1.51. The number of hydrogen-bond donors (Lipinski definition) is 1. The molecule has 0 spiro atoms. The highest BCUT2D eigenvalue weighted by Crippen LogP contribution is 2.26. The molecule has 1 saturated heterocycles. The van der Waals surface area contributed by atoms with Crippen LogP contribution >= 0.6 is 11.6 Å². The van der Waals surface area contributed by atoms with Crippen LogP contribution in [0.3, 0.4) is 0 Å². The molecule has 1 N–H and O–H groups in total. The van der Waals surface area contributed by atoms with Gasteiger partial charge in [0.15, 0.2) is 0 Å². The number of aliphatic hydroxyl groups is 1. The molecule has 72 valence electrons. The lowest BCUT2D eigenvalue weighted by atomic mass is 9.98. The Labute approximate surface area is 78.9 Å². The van der Waals surface area contributed by atoms with Gasteiger partial charge in [0, 0.05) is 6.61 Å². The zero-order valence-corrected chi connectivity index (χ0v) is 8.31. The Kier molecular flexibility index (Phi) is 3.81. The van der Waals surface area contributed by atoms with E-state index in [1.165, 1.54) is 6.42 Å². The highest BCUT2D eigenvalue weighted by molar-refractivity contribution is 6.23. The number of halogens is 1. The van der Waals surface area contributed by atoms with E-state index < -0.39 is 4.87 Å². The summed E-state index contributed by atoms with van der Waals surface area (Å²) in [5, 5.41) is 8.94. The summed E-state index contributed by atoms with van der Waals surface area (Å²) in [4.78, 5) is -0.498. The van der Waals surface area contributed by atoms with Crippen molar-refractivity contribution in [3.63, 3.8) is 0 Å². The van der Waals surface area contributed by atoms with Crippen LogP contribution in [0.25, 0.3) is 0 Å². The van der Waals surface area contributed by atoms with Gasteiger partial charge in [-0.05, 0) is 32.6 Å². The molecule has 0 aromatic carbocycles. The number of ether oxygens (including phenoxy) is 1. The normalized spacial score (nSPS) is 29.8. The summed E-state index contributed by atoms with van der Waals surface area (Å²) < 4.78 is 5.52. The second-order valence-corrected chi connectivity index (χ2v) is 4.68. The average molecular weight is 193 g/mol. The summed E-state index contributed by atoms with van der Waals surface area (Å²) in [6.45, 7) is 2.73. The van der Waals surface area contributed by atoms with E-state index in [1.807, 2.05) is 6.92 Å². The molecule has 2 atom stereocenters. The third-order valence-electron chi connectivity index (χ3n) is 2.26. The molecule has 0 bridgehead atoms. The van der Waals surface area contributed by atoms with Crippen LogP contribution in [-0.4, -0.2) is 29.3 Å². The van der Waals surface area contributed by atoms with Gasteiger partial charge in [0.2, 0.25) is 0 Å². The van der Waals surface area contributed by atoms with Crippen molar-refractivity contribution in [1.29, 1.82) is 0 Å². The molecular weight excluding hydrogens is 176 g/mol. The molecule has 0 aliphatic carbocycles. The van der Waals surface area contributed by atoms with Gasteiger partial charge in [-0.15, -0.1) is 11.6 Å². The second-order valence-electron chi connectivity index (χ2n) is 3.76. The summed E-state index contributed by atoms with van der Waals surface area (Å²) in [5.74, 6) is 0. The molecule has 1 fully saturated rings. The number of aliphatic hydroxyl groups excluding tert-OH is 1. The predicted octanol–water partition coefficient (Wildman–Crippen LogP) is 1.94. The summed E-state index contributed by atoms with van der Waals surface area (Å²) in [7, 11) is 0. The van der Waals surface area contributed by atoms with Crippen molar-refractivity contribution in [2.75, 3.05) is 13.2 Å². The number of alkyl halides is 1. The molecule has 1 rings (SSSR count). The zero-order valence-electron chi connectivity index (χ0n) is 7.55. The molecule has 0 radical (unpaired) electrons. The minimum atomic E-state index is -0.498. The standard InChI is InChI=1S/C9H17ClO2/c1-9(10,7-11)6-8-4-2-3-5-12-8/h8,11H,2-7H2,1H3. The first-order valence-corrected chi connectivity index (χ1v) is 4.93. The van der Waals surface area contributed by atoms with Crippen molar-refractivity contribution >= 4 is 11.6 Å². The Bertz CT molecular complexity index is 130. The monoisotopic (exact) mass is 192 g/mol. The summed E-state index contributed by atoms with van der Waals surface area (Å²) >= 11 is 6.02. The van der Waals surface area contributed by atoms with Crippen LogP contribution in [0.5, 0.6) is 0 Å². The van der Waals surface area contributed by atoms with Crippen molar-refractivity contribution in [2.45, 2.75) is 43.6 Å². The van der Waals surface area contributed by atoms with E-state index in [9.17, 15) is 0 Å². The maximum Gasteiger partial charge on any atom is 0.0673 e. The minimum Gasteiger partial charge on any atom is -0.395 e. The van der Waals surface area contributed by atoms with Gasteiger partial charge in [-0.1, -0.05) is 0 Å². The van der Waals surface area contributed by atoms with Gasteiger partial charge in [0.05, 0.1) is 17.6 Å². The van der Waals surface area contributed by atoms with E-state index in [1.54, 1.807) is 0 Å². The second kappa shape index (κ2) is 4.45. The Hall–Kier alpha value is 0.210. The molecule has 12 heavy (non-hydrogen) atoms. The van der Waals surface area contributed by atoms with Crippen molar-refractivity contribution in [3.8, 4) is 0 Å². The fraction of sp³-hybridized carbons (Fsp3) is 1.00. The summed E-state index contributed by atoms with van der Waals surface area (Å²) in [6, 6.07) is 0. The van der Waals surface area contributed by atoms with Crippen molar-refractivity contribution in [1.82, 2.24) is 0 Å². The van der Waals surface area contributed by atoms with E-state index in [-0.39, 0.29) is 12.7 Å². The SMILES string of the molecule is CC(Cl)(CO)CC1CCCCO1. The molecule has 0 saturated carbocycles. The quantitative estimate of drug-likeness (QED) is 0.693. The lowest BCUT2D eigenvalue weighted by molar-refractivity contribution is 0.00147. The van der Waals surface area contributed by atoms with Crippen LogP contribution in [0.4, 0.5) is 0 Å². The maximum absolute atomic E-state index is 8.94. The van der Waals surface area contributed by atoms with Crippen LogP contribution in [0.2, 0.25) is 0 Å². The molecule has 2 unspecified atom stereocenters. The van der Waals surface area contributed by atoms with Crippen molar-refractivity contribution in [3.05, 3.63) is 0 Å². The maximum atomic E-state index is 8.94. The molecule has 0 amide bonds. The smallest absolute Gasteiger partial charge is 0.0673 e. The summed E-state index contributed by atoms with van der Waals surface area (Å²) in [5.41, 5.74) is 0. The lowest BCUT2D eigenvalue weighted by Gasteiger charge is -2.28. The largest absolute Gasteiger partial charge is 0.395 e. The van der Waals surface area contributed by atoms with Gasteiger partial charge in [-0.3, -0.25) is 0 Å². The van der Waals surface area contributed by atoms with E-state index in [0.29, 0.717) is 0 Å². The lowest BCUT2D eigenvalue weighted by Crippen LogP contribution is -2.31. The van der Waals surface area contributed by atoms with E-state index in [4.69, 9.17) is 21.4 Å². The first kappa shape index (κ1) is 10.3. The molecule has 2 nitrogen and oxygen atoms in total. The van der Waals surface area contributed by atoms with Gasteiger partial charge in [0.1, 0.15) is 0 Å². The van der Waals surface area contributed by atoms with Gasteiger partial charge in [0.25, 0.3) is 0 Å². The molecule has 1 aliphatic rings. The zero-order chi connectivity index (χ0) is 9.03. The van der Waals surface area contributed by atoms with Crippen molar-refractivity contribution in [2.24, 2.45) is 0 Å². The molecular formula is C9H17ClO2. The van der Waals surface area contributed by atoms with Crippen molar-refractivity contribution < 1.29 is 9.84 Å². The minimum absolute atomic E-state index is 0.0222. The molecule has 1 heterocycles. The Morgan fingerprint density at radius 2 is 2.33 bits per heavy atom. The molecule has 1 aliphatic heterocycles. The van der Waals surface area contributed by atoms with Gasteiger partial charge in [-0.25, -0.2) is 0 Å². The van der Waals surface area contributed by atoms with Crippen LogP contribution in [-0.2, 0) is 4.74 Å². The Balaban J connectivity index is 2.28. The Morgan fingerprint density at radius 1 is 1.58 bits per heavy atom. The molecule has 0 aromatic rings. The predicted molar refractivity (Wildman–Crippen MR) is 49.6 cm³/mol. The first-order chi connectivity index (χ1) is 5.64. The highest BCUT2D eigenvalue weighted by atomic mass is 35.5. The number of rotatable bonds is 3. The molecule has 3 heteroatoms. The van der Waals surface area contributed by atoms with E-state index in [0.717, 1.165) is 25.9 Å². The highest BCUT2D eigenvalue weighted by Gasteiger charge is 2.26. The molecule has 0 aromatic heterocycles. The van der Waals surface area contributed by atoms with Crippen LogP contribution in [0.1, 0.15) is 32.6 Å². The Morgan fingerprint density at radius 3 is 2.83 bits per heavy atom. The van der Waals surface area contributed by atoms with Crippen LogP contribution in [0, 0.1) is 0 Å². The fourth-order valence-corrected chi connectivity index (χ4v) is 1.68. The topological polar surface area (TPSA) is 29.5 Å². The van der Waals surface area contributed by atoms with Gasteiger partial charge >= 0.3 is 0 Å². The number of hydrogen-bond acceptors (Lipinski definition) is 2. The van der Waals surface area contributed by atoms with Gasteiger partial charge in [-0.2, -0.15) is 0 Å².